The Morgan fingerprint density at radius 3 is 2.87 bits per heavy atom. The van der Waals surface area contributed by atoms with E-state index in [4.69, 9.17) is 0 Å². The number of hydrogen-bond donors (Lipinski definition) is 1. The van der Waals surface area contributed by atoms with Gasteiger partial charge in [-0.05, 0) is 59.9 Å². The summed E-state index contributed by atoms with van der Waals surface area (Å²) in [6, 6.07) is 5.93. The van der Waals surface area contributed by atoms with Crippen LogP contribution in [-0.4, -0.2) is 12.5 Å². The van der Waals surface area contributed by atoms with E-state index in [9.17, 15) is 4.79 Å². The number of carbonyl (C=O) groups excluding carboxylic acids is 1. The zero-order valence-electron chi connectivity index (χ0n) is 8.72. The fourth-order valence-corrected chi connectivity index (χ4v) is 2.44. The molecule has 1 aliphatic carbocycles. The minimum atomic E-state index is 0.0735. The third kappa shape index (κ3) is 2.71. The molecule has 0 aliphatic heterocycles. The molecular formula is C12H14INO. The molecular weight excluding hydrogens is 301 g/mol. The van der Waals surface area contributed by atoms with Gasteiger partial charge in [0.05, 0.1) is 5.56 Å². The van der Waals surface area contributed by atoms with E-state index in [1.54, 1.807) is 0 Å². The molecule has 2 nitrogen and oxygen atoms in total. The van der Waals surface area contributed by atoms with E-state index in [-0.39, 0.29) is 5.91 Å². The van der Waals surface area contributed by atoms with Gasteiger partial charge in [-0.3, -0.25) is 4.79 Å². The fourth-order valence-electron chi connectivity index (χ4n) is 1.57. The molecule has 0 atom stereocenters. The molecule has 1 aliphatic rings. The van der Waals surface area contributed by atoms with Crippen LogP contribution in [0.5, 0.6) is 0 Å². The monoisotopic (exact) mass is 315 g/mol. The summed E-state index contributed by atoms with van der Waals surface area (Å²) in [6.45, 7) is 2.82. The lowest BCUT2D eigenvalue weighted by Gasteiger charge is -2.08. The van der Waals surface area contributed by atoms with Gasteiger partial charge in [-0.25, -0.2) is 0 Å². The van der Waals surface area contributed by atoms with E-state index in [1.165, 1.54) is 12.8 Å². The van der Waals surface area contributed by atoms with E-state index in [1.807, 2.05) is 25.1 Å². The summed E-state index contributed by atoms with van der Waals surface area (Å²) in [7, 11) is 0. The van der Waals surface area contributed by atoms with E-state index < -0.39 is 0 Å². The average Bonchev–Trinajstić information content (AvgIpc) is 2.97. The van der Waals surface area contributed by atoms with Crippen LogP contribution < -0.4 is 5.32 Å². The maximum Gasteiger partial charge on any atom is 0.252 e. The Balaban J connectivity index is 2.09. The second-order valence-electron chi connectivity index (χ2n) is 4.09. The summed E-state index contributed by atoms with van der Waals surface area (Å²) in [5.74, 6) is 0.806. The summed E-state index contributed by atoms with van der Waals surface area (Å²) < 4.78 is 1.03. The lowest BCUT2D eigenvalue weighted by molar-refractivity contribution is 0.0950. The van der Waals surface area contributed by atoms with Gasteiger partial charge in [0.15, 0.2) is 0 Å². The zero-order valence-corrected chi connectivity index (χ0v) is 10.9. The Kier molecular flexibility index (Phi) is 3.29. The number of rotatable bonds is 3. The number of benzene rings is 1. The van der Waals surface area contributed by atoms with Crippen molar-refractivity contribution in [3.8, 4) is 0 Å². The van der Waals surface area contributed by atoms with E-state index in [0.29, 0.717) is 0 Å². The highest BCUT2D eigenvalue weighted by Crippen LogP contribution is 2.27. The molecule has 1 amide bonds. The maximum absolute atomic E-state index is 11.9. The highest BCUT2D eigenvalue weighted by atomic mass is 127. The van der Waals surface area contributed by atoms with Crippen molar-refractivity contribution in [2.24, 2.45) is 5.92 Å². The third-order valence-electron chi connectivity index (χ3n) is 2.70. The number of amides is 1. The molecule has 15 heavy (non-hydrogen) atoms. The minimum Gasteiger partial charge on any atom is -0.352 e. The SMILES string of the molecule is Cc1cccc(I)c1C(=O)NCC1CC1. The first-order valence-corrected chi connectivity index (χ1v) is 6.29. The Morgan fingerprint density at radius 1 is 1.53 bits per heavy atom. The first-order chi connectivity index (χ1) is 7.18. The zero-order chi connectivity index (χ0) is 10.8. The molecule has 0 bridgehead atoms. The van der Waals surface area contributed by atoms with Crippen LogP contribution in [0.4, 0.5) is 0 Å². The number of hydrogen-bond acceptors (Lipinski definition) is 1. The standard InChI is InChI=1S/C12H14INO/c1-8-3-2-4-10(13)11(8)12(15)14-7-9-5-6-9/h2-4,9H,5-7H2,1H3,(H,14,15). The molecule has 1 aromatic carbocycles. The van der Waals surface area contributed by atoms with Gasteiger partial charge in [-0.1, -0.05) is 12.1 Å². The summed E-state index contributed by atoms with van der Waals surface area (Å²) in [5.41, 5.74) is 1.88. The minimum absolute atomic E-state index is 0.0735. The quantitative estimate of drug-likeness (QED) is 0.854. The summed E-state index contributed by atoms with van der Waals surface area (Å²) in [4.78, 5) is 11.9. The van der Waals surface area contributed by atoms with Gasteiger partial charge in [-0.2, -0.15) is 0 Å². The van der Waals surface area contributed by atoms with Crippen molar-refractivity contribution < 1.29 is 4.79 Å². The number of halogens is 1. The van der Waals surface area contributed by atoms with Crippen LogP contribution in [0.25, 0.3) is 0 Å². The second kappa shape index (κ2) is 4.51. The van der Waals surface area contributed by atoms with E-state index in [0.717, 1.165) is 27.2 Å². The summed E-state index contributed by atoms with van der Waals surface area (Å²) in [6.07, 6.45) is 2.54. The fraction of sp³-hybridized carbons (Fsp3) is 0.417. The van der Waals surface area contributed by atoms with Gasteiger partial charge >= 0.3 is 0 Å². The van der Waals surface area contributed by atoms with Gasteiger partial charge in [0.25, 0.3) is 5.91 Å². The van der Waals surface area contributed by atoms with Crippen LogP contribution in [0.15, 0.2) is 18.2 Å². The van der Waals surface area contributed by atoms with Crippen LogP contribution in [0.3, 0.4) is 0 Å². The van der Waals surface area contributed by atoms with Gasteiger partial charge in [0.1, 0.15) is 0 Å². The van der Waals surface area contributed by atoms with E-state index >= 15 is 0 Å². The van der Waals surface area contributed by atoms with Crippen LogP contribution in [0, 0.1) is 16.4 Å². The average molecular weight is 315 g/mol. The predicted molar refractivity (Wildman–Crippen MR) is 69.0 cm³/mol. The molecule has 80 valence electrons. The normalized spacial score (nSPS) is 15.1. The first-order valence-electron chi connectivity index (χ1n) is 5.22. The van der Waals surface area contributed by atoms with Crippen molar-refractivity contribution in [3.05, 3.63) is 32.9 Å². The van der Waals surface area contributed by atoms with Gasteiger partial charge in [-0.15, -0.1) is 0 Å². The number of aryl methyl sites for hydroxylation is 1. The van der Waals surface area contributed by atoms with Crippen LogP contribution >= 0.6 is 22.6 Å². The molecule has 1 saturated carbocycles. The second-order valence-corrected chi connectivity index (χ2v) is 5.25. The Morgan fingerprint density at radius 2 is 2.27 bits per heavy atom. The molecule has 0 aromatic heterocycles. The summed E-state index contributed by atoms with van der Waals surface area (Å²) in [5, 5.41) is 3.00. The lowest BCUT2D eigenvalue weighted by Crippen LogP contribution is -2.27. The van der Waals surface area contributed by atoms with Crippen LogP contribution in [0.1, 0.15) is 28.8 Å². The van der Waals surface area contributed by atoms with Crippen molar-refractivity contribution >= 4 is 28.5 Å². The molecule has 1 aromatic rings. The Bertz CT molecular complexity index is 365. The first kappa shape index (κ1) is 10.9. The predicted octanol–water partition coefficient (Wildman–Crippen LogP) is 2.74. The van der Waals surface area contributed by atoms with Crippen molar-refractivity contribution in [1.82, 2.24) is 5.32 Å². The van der Waals surface area contributed by atoms with Gasteiger partial charge < -0.3 is 5.32 Å². The highest BCUT2D eigenvalue weighted by Gasteiger charge is 2.22. The highest BCUT2D eigenvalue weighted by molar-refractivity contribution is 14.1. The molecule has 3 heteroatoms. The molecule has 0 unspecified atom stereocenters. The molecule has 1 N–H and O–H groups in total. The number of nitrogens with one attached hydrogen (secondary N) is 1. The van der Waals surface area contributed by atoms with Crippen LogP contribution in [0.2, 0.25) is 0 Å². The smallest absolute Gasteiger partial charge is 0.252 e. The number of carbonyl (C=O) groups is 1. The van der Waals surface area contributed by atoms with E-state index in [2.05, 4.69) is 27.9 Å². The van der Waals surface area contributed by atoms with Crippen molar-refractivity contribution in [2.45, 2.75) is 19.8 Å². The van der Waals surface area contributed by atoms with Crippen molar-refractivity contribution in [3.63, 3.8) is 0 Å². The summed E-state index contributed by atoms with van der Waals surface area (Å²) >= 11 is 2.21. The van der Waals surface area contributed by atoms with Gasteiger partial charge in [0.2, 0.25) is 0 Å². The molecule has 0 saturated heterocycles. The van der Waals surface area contributed by atoms with Crippen LogP contribution in [-0.2, 0) is 0 Å². The Labute approximate surface area is 104 Å². The molecule has 2 rings (SSSR count). The molecule has 0 radical (unpaired) electrons. The largest absolute Gasteiger partial charge is 0.352 e. The van der Waals surface area contributed by atoms with Gasteiger partial charge in [0, 0.05) is 10.1 Å². The molecule has 0 spiro atoms. The third-order valence-corrected chi connectivity index (χ3v) is 3.60. The Hall–Kier alpha value is -0.580. The molecule has 1 fully saturated rings. The lowest BCUT2D eigenvalue weighted by atomic mass is 10.1. The molecule has 0 heterocycles. The topological polar surface area (TPSA) is 29.1 Å². The maximum atomic E-state index is 11.9. The van der Waals surface area contributed by atoms with Crippen molar-refractivity contribution in [1.29, 1.82) is 0 Å². The van der Waals surface area contributed by atoms with Crippen molar-refractivity contribution in [2.75, 3.05) is 6.54 Å².